The molecule has 2 nitrogen and oxygen atoms in total. The van der Waals surface area contributed by atoms with Gasteiger partial charge in [-0.2, -0.15) is 0 Å². The van der Waals surface area contributed by atoms with Crippen LogP contribution in [0, 0.1) is 11.3 Å². The van der Waals surface area contributed by atoms with Gasteiger partial charge in [-0.15, -0.1) is 0 Å². The first-order valence-electron chi connectivity index (χ1n) is 5.16. The zero-order valence-corrected chi connectivity index (χ0v) is 9.26. The van der Waals surface area contributed by atoms with Gasteiger partial charge in [0.05, 0.1) is 0 Å². The van der Waals surface area contributed by atoms with E-state index in [9.17, 15) is 4.79 Å². The third-order valence-electron chi connectivity index (χ3n) is 2.54. The molecule has 0 N–H and O–H groups in total. The number of nitrogens with zero attached hydrogens (tertiary/aromatic N) is 1. The first-order chi connectivity index (χ1) is 5.88. The number of rotatable bonds is 2. The van der Waals surface area contributed by atoms with Gasteiger partial charge in [0.25, 0.3) is 0 Å². The van der Waals surface area contributed by atoms with Crippen LogP contribution >= 0.6 is 0 Å². The Morgan fingerprint density at radius 1 is 1.46 bits per heavy atom. The van der Waals surface area contributed by atoms with Gasteiger partial charge < -0.3 is 4.90 Å². The number of carbonyl (C=O) groups excluding carboxylic acids is 1. The van der Waals surface area contributed by atoms with E-state index in [2.05, 4.69) is 27.7 Å². The Morgan fingerprint density at radius 2 is 2.08 bits per heavy atom. The van der Waals surface area contributed by atoms with Crippen LogP contribution in [0.5, 0.6) is 0 Å². The second kappa shape index (κ2) is 3.69. The molecule has 76 valence electrons. The van der Waals surface area contributed by atoms with Crippen molar-refractivity contribution in [2.24, 2.45) is 11.3 Å². The van der Waals surface area contributed by atoms with Gasteiger partial charge in [0.2, 0.25) is 5.91 Å². The lowest BCUT2D eigenvalue weighted by molar-refractivity contribution is -0.127. The maximum atomic E-state index is 11.4. The molecule has 0 aromatic heterocycles. The van der Waals surface area contributed by atoms with Gasteiger partial charge in [-0.1, -0.05) is 27.7 Å². The van der Waals surface area contributed by atoms with Crippen molar-refractivity contribution in [1.82, 2.24) is 4.90 Å². The topological polar surface area (TPSA) is 20.3 Å². The van der Waals surface area contributed by atoms with Crippen LogP contribution in [0.1, 0.15) is 40.5 Å². The molecular formula is C11H21NO. The van der Waals surface area contributed by atoms with Gasteiger partial charge >= 0.3 is 0 Å². The highest BCUT2D eigenvalue weighted by atomic mass is 16.2. The Bertz CT molecular complexity index is 193. The minimum absolute atomic E-state index is 0.339. The third-order valence-corrected chi connectivity index (χ3v) is 2.54. The second-order valence-corrected chi connectivity index (χ2v) is 5.46. The zero-order valence-electron chi connectivity index (χ0n) is 9.26. The maximum Gasteiger partial charge on any atom is 0.222 e. The number of amides is 1. The lowest BCUT2D eigenvalue weighted by Gasteiger charge is -2.23. The molecule has 0 radical (unpaired) electrons. The van der Waals surface area contributed by atoms with Crippen LogP contribution in [0.15, 0.2) is 0 Å². The van der Waals surface area contributed by atoms with E-state index in [1.807, 2.05) is 4.90 Å². The smallest absolute Gasteiger partial charge is 0.222 e. The van der Waals surface area contributed by atoms with Gasteiger partial charge in [0.1, 0.15) is 0 Å². The highest BCUT2D eigenvalue weighted by Gasteiger charge is 2.26. The van der Waals surface area contributed by atoms with Gasteiger partial charge in [-0.25, -0.2) is 0 Å². The molecule has 1 saturated heterocycles. The summed E-state index contributed by atoms with van der Waals surface area (Å²) in [4.78, 5) is 13.4. The highest BCUT2D eigenvalue weighted by molar-refractivity contribution is 5.78. The van der Waals surface area contributed by atoms with E-state index in [1.165, 1.54) is 0 Å². The Morgan fingerprint density at radius 3 is 2.46 bits per heavy atom. The molecule has 0 aliphatic carbocycles. The monoisotopic (exact) mass is 183 g/mol. The molecule has 0 bridgehead atoms. The number of likely N-dealkylation sites (tertiary alicyclic amines) is 1. The van der Waals surface area contributed by atoms with Crippen molar-refractivity contribution in [2.45, 2.75) is 40.5 Å². The normalized spacial score (nSPS) is 24.2. The van der Waals surface area contributed by atoms with E-state index in [-0.39, 0.29) is 0 Å². The van der Waals surface area contributed by atoms with Crippen molar-refractivity contribution in [3.8, 4) is 0 Å². The number of hydrogen-bond donors (Lipinski definition) is 0. The molecule has 1 atom stereocenters. The van der Waals surface area contributed by atoms with Crippen LogP contribution in [0.3, 0.4) is 0 Å². The molecule has 1 aliphatic rings. The predicted octanol–water partition coefficient (Wildman–Crippen LogP) is 2.29. The van der Waals surface area contributed by atoms with E-state index >= 15 is 0 Å². The SMILES string of the molecule is CC1CC(=O)N(CCC(C)(C)C)C1. The van der Waals surface area contributed by atoms with Crippen molar-refractivity contribution in [3.63, 3.8) is 0 Å². The van der Waals surface area contributed by atoms with Gasteiger partial charge in [0.15, 0.2) is 0 Å². The summed E-state index contributed by atoms with van der Waals surface area (Å²) in [6.45, 7) is 10.7. The van der Waals surface area contributed by atoms with E-state index < -0.39 is 0 Å². The molecule has 0 aromatic rings. The van der Waals surface area contributed by atoms with Crippen LogP contribution in [0.2, 0.25) is 0 Å². The summed E-state index contributed by atoms with van der Waals surface area (Å²) in [5, 5.41) is 0. The lowest BCUT2D eigenvalue weighted by atomic mass is 9.92. The summed E-state index contributed by atoms with van der Waals surface area (Å²) in [5.74, 6) is 0.907. The largest absolute Gasteiger partial charge is 0.342 e. The Balaban J connectivity index is 2.34. The minimum Gasteiger partial charge on any atom is -0.342 e. The average molecular weight is 183 g/mol. The molecule has 13 heavy (non-hydrogen) atoms. The summed E-state index contributed by atoms with van der Waals surface area (Å²) in [7, 11) is 0. The molecule has 2 heteroatoms. The molecule has 1 rings (SSSR count). The maximum absolute atomic E-state index is 11.4. The summed E-state index contributed by atoms with van der Waals surface area (Å²) in [6, 6.07) is 0. The third kappa shape index (κ3) is 3.37. The fraction of sp³-hybridized carbons (Fsp3) is 0.909. The first-order valence-corrected chi connectivity index (χ1v) is 5.16. The summed E-state index contributed by atoms with van der Waals surface area (Å²) in [6.07, 6.45) is 1.86. The standard InChI is InChI=1S/C11H21NO/c1-9-7-10(13)12(8-9)6-5-11(2,3)4/h9H,5-8H2,1-4H3. The molecule has 1 amide bonds. The molecule has 1 aliphatic heterocycles. The van der Waals surface area contributed by atoms with E-state index in [4.69, 9.17) is 0 Å². The van der Waals surface area contributed by atoms with Crippen molar-refractivity contribution in [3.05, 3.63) is 0 Å². The van der Waals surface area contributed by atoms with Crippen LogP contribution in [0.25, 0.3) is 0 Å². The highest BCUT2D eigenvalue weighted by Crippen LogP contribution is 2.22. The molecular weight excluding hydrogens is 162 g/mol. The summed E-state index contributed by atoms with van der Waals surface area (Å²) < 4.78 is 0. The van der Waals surface area contributed by atoms with Gasteiger partial charge in [0, 0.05) is 19.5 Å². The van der Waals surface area contributed by atoms with Crippen molar-refractivity contribution < 1.29 is 4.79 Å². The molecule has 0 spiro atoms. The summed E-state index contributed by atoms with van der Waals surface area (Å²) >= 11 is 0. The van der Waals surface area contributed by atoms with E-state index in [0.29, 0.717) is 17.2 Å². The first kappa shape index (κ1) is 10.6. The average Bonchev–Trinajstić information content (AvgIpc) is 2.24. The van der Waals surface area contributed by atoms with Crippen molar-refractivity contribution in [1.29, 1.82) is 0 Å². The minimum atomic E-state index is 0.339. The van der Waals surface area contributed by atoms with Crippen LogP contribution in [-0.2, 0) is 4.79 Å². The molecule has 1 heterocycles. The number of carbonyl (C=O) groups is 1. The van der Waals surface area contributed by atoms with E-state index in [0.717, 1.165) is 25.9 Å². The van der Waals surface area contributed by atoms with Gasteiger partial charge in [-0.3, -0.25) is 4.79 Å². The second-order valence-electron chi connectivity index (χ2n) is 5.46. The van der Waals surface area contributed by atoms with Gasteiger partial charge in [-0.05, 0) is 17.8 Å². The Labute approximate surface area is 81.3 Å². The Hall–Kier alpha value is -0.530. The lowest BCUT2D eigenvalue weighted by Crippen LogP contribution is -2.28. The number of hydrogen-bond acceptors (Lipinski definition) is 1. The molecule has 0 aromatic carbocycles. The predicted molar refractivity (Wildman–Crippen MR) is 54.4 cm³/mol. The molecule has 1 fully saturated rings. The van der Waals surface area contributed by atoms with E-state index in [1.54, 1.807) is 0 Å². The zero-order chi connectivity index (χ0) is 10.1. The van der Waals surface area contributed by atoms with Crippen molar-refractivity contribution >= 4 is 5.91 Å². The molecule has 0 saturated carbocycles. The molecule has 1 unspecified atom stereocenters. The summed E-state index contributed by atoms with van der Waals surface area (Å²) in [5.41, 5.74) is 0.339. The van der Waals surface area contributed by atoms with Crippen LogP contribution in [0.4, 0.5) is 0 Å². The quantitative estimate of drug-likeness (QED) is 0.643. The Kier molecular flexibility index (Phi) is 2.99. The van der Waals surface area contributed by atoms with Crippen molar-refractivity contribution in [2.75, 3.05) is 13.1 Å². The van der Waals surface area contributed by atoms with Crippen LogP contribution < -0.4 is 0 Å². The fourth-order valence-electron chi connectivity index (χ4n) is 1.66. The van der Waals surface area contributed by atoms with Crippen LogP contribution in [-0.4, -0.2) is 23.9 Å². The fourth-order valence-corrected chi connectivity index (χ4v) is 1.66.